The molecule has 2 aromatic carbocycles. The Morgan fingerprint density at radius 2 is 1.85 bits per heavy atom. The van der Waals surface area contributed by atoms with Crippen molar-refractivity contribution in [2.45, 2.75) is 13.8 Å². The van der Waals surface area contributed by atoms with E-state index in [1.165, 1.54) is 4.90 Å². The lowest BCUT2D eigenvalue weighted by molar-refractivity contribution is -0.113. The minimum atomic E-state index is -0.266. The number of nitrogens with zero attached hydrogens (tertiary/aromatic N) is 2. The molecule has 0 fully saturated rings. The van der Waals surface area contributed by atoms with Gasteiger partial charge in [-0.05, 0) is 49.7 Å². The number of carbonyl (C=O) groups excluding carboxylic acids is 1. The number of hydrogen-bond donors (Lipinski definition) is 0. The van der Waals surface area contributed by atoms with Crippen LogP contribution in [0.5, 0.6) is 5.75 Å². The van der Waals surface area contributed by atoms with Gasteiger partial charge in [0.2, 0.25) is 0 Å². The maximum atomic E-state index is 13.0. The van der Waals surface area contributed by atoms with Crippen molar-refractivity contribution >= 4 is 23.7 Å². The molecule has 3 aromatic rings. The summed E-state index contributed by atoms with van der Waals surface area (Å²) in [4.78, 5) is 18.9. The van der Waals surface area contributed by atoms with Crippen molar-refractivity contribution in [3.8, 4) is 5.75 Å². The predicted octanol–water partition coefficient (Wildman–Crippen LogP) is 4.72. The molecule has 2 heterocycles. The fraction of sp³-hybridized carbons (Fsp3) is 0.0909. The maximum absolute atomic E-state index is 13.0. The number of para-hydroxylation sites is 1. The lowest BCUT2D eigenvalue weighted by atomic mass is 10.1. The van der Waals surface area contributed by atoms with Crippen molar-refractivity contribution in [3.05, 3.63) is 89.5 Å². The second-order valence-electron chi connectivity index (χ2n) is 6.29. The molecule has 0 saturated heterocycles. The fourth-order valence-electron chi connectivity index (χ4n) is 2.89. The molecule has 1 aromatic heterocycles. The predicted molar refractivity (Wildman–Crippen MR) is 105 cm³/mol. The third kappa shape index (κ3) is 3.40. The minimum Gasteiger partial charge on any atom is -0.465 e. The van der Waals surface area contributed by atoms with Crippen LogP contribution in [0.2, 0.25) is 0 Å². The zero-order valence-electron chi connectivity index (χ0n) is 15.0. The van der Waals surface area contributed by atoms with Gasteiger partial charge in [0.25, 0.3) is 5.91 Å². The molecule has 134 valence electrons. The van der Waals surface area contributed by atoms with Crippen molar-refractivity contribution in [1.29, 1.82) is 0 Å². The number of anilines is 1. The van der Waals surface area contributed by atoms with Gasteiger partial charge in [0, 0.05) is 6.08 Å². The van der Waals surface area contributed by atoms with Crippen LogP contribution in [0.15, 0.2) is 82.0 Å². The molecule has 0 N–H and O–H groups in total. The number of benzene rings is 2. The standard InChI is InChI=1S/C22H18N2O3/c1-15-10-11-20(16(2)13-15)27-22-23-19(14-18-9-6-12-26-18)21(25)24(22)17-7-4-3-5-8-17/h3-14H,1-2H3/b19-14+. The molecule has 1 aliphatic heterocycles. The Morgan fingerprint density at radius 1 is 1.04 bits per heavy atom. The van der Waals surface area contributed by atoms with Gasteiger partial charge >= 0.3 is 6.02 Å². The highest BCUT2D eigenvalue weighted by Crippen LogP contribution is 2.28. The van der Waals surface area contributed by atoms with Crippen molar-refractivity contribution in [2.24, 2.45) is 4.99 Å². The van der Waals surface area contributed by atoms with E-state index in [1.807, 2.05) is 62.4 Å². The van der Waals surface area contributed by atoms with Crippen LogP contribution in [0.25, 0.3) is 6.08 Å². The van der Waals surface area contributed by atoms with Gasteiger partial charge in [-0.2, -0.15) is 4.99 Å². The molecule has 0 unspecified atom stereocenters. The van der Waals surface area contributed by atoms with Gasteiger partial charge in [-0.1, -0.05) is 35.9 Å². The Hall–Kier alpha value is -3.60. The van der Waals surface area contributed by atoms with Crippen LogP contribution >= 0.6 is 0 Å². The van der Waals surface area contributed by atoms with Gasteiger partial charge in [0.15, 0.2) is 0 Å². The van der Waals surface area contributed by atoms with E-state index in [0.717, 1.165) is 11.1 Å². The van der Waals surface area contributed by atoms with Crippen LogP contribution in [0, 0.1) is 13.8 Å². The van der Waals surface area contributed by atoms with Gasteiger partial charge in [-0.15, -0.1) is 0 Å². The summed E-state index contributed by atoms with van der Waals surface area (Å²) in [6.07, 6.45) is 3.16. The van der Waals surface area contributed by atoms with Gasteiger partial charge in [0.1, 0.15) is 17.2 Å². The Kier molecular flexibility index (Phi) is 4.34. The maximum Gasteiger partial charge on any atom is 0.310 e. The SMILES string of the molecule is Cc1ccc(OC2=N/C(=C/c3ccco3)C(=O)N2c2ccccc2)c(C)c1. The second-order valence-corrected chi connectivity index (χ2v) is 6.29. The van der Waals surface area contributed by atoms with E-state index in [0.29, 0.717) is 17.2 Å². The molecule has 1 aliphatic rings. The highest BCUT2D eigenvalue weighted by Gasteiger charge is 2.34. The lowest BCUT2D eigenvalue weighted by Gasteiger charge is -2.18. The minimum absolute atomic E-state index is 0.218. The Morgan fingerprint density at radius 3 is 2.56 bits per heavy atom. The first kappa shape index (κ1) is 16.8. The van der Waals surface area contributed by atoms with Crippen molar-refractivity contribution in [1.82, 2.24) is 0 Å². The topological polar surface area (TPSA) is 55.0 Å². The zero-order chi connectivity index (χ0) is 18.8. The zero-order valence-corrected chi connectivity index (χ0v) is 15.0. The summed E-state index contributed by atoms with van der Waals surface area (Å²) in [6.45, 7) is 3.99. The number of amidine groups is 1. The van der Waals surface area contributed by atoms with E-state index >= 15 is 0 Å². The molecule has 0 saturated carbocycles. The van der Waals surface area contributed by atoms with Crippen LogP contribution < -0.4 is 9.64 Å². The summed E-state index contributed by atoms with van der Waals surface area (Å²) >= 11 is 0. The quantitative estimate of drug-likeness (QED) is 0.637. The summed E-state index contributed by atoms with van der Waals surface area (Å²) in [5.74, 6) is 0.951. The van der Waals surface area contributed by atoms with Gasteiger partial charge in [-0.25, -0.2) is 4.90 Å². The molecule has 1 amide bonds. The average Bonchev–Trinajstić information content (AvgIpc) is 3.27. The van der Waals surface area contributed by atoms with E-state index in [-0.39, 0.29) is 17.6 Å². The molecule has 0 spiro atoms. The molecular formula is C22H18N2O3. The lowest BCUT2D eigenvalue weighted by Crippen LogP contribution is -2.35. The molecule has 4 rings (SSSR count). The van der Waals surface area contributed by atoms with Crippen LogP contribution in [0.3, 0.4) is 0 Å². The van der Waals surface area contributed by atoms with Gasteiger partial charge in [0.05, 0.1) is 12.0 Å². The van der Waals surface area contributed by atoms with E-state index in [1.54, 1.807) is 24.5 Å². The first-order valence-corrected chi connectivity index (χ1v) is 8.60. The smallest absolute Gasteiger partial charge is 0.310 e. The Bertz CT molecular complexity index is 1030. The fourth-order valence-corrected chi connectivity index (χ4v) is 2.89. The number of aryl methyl sites for hydroxylation is 2. The van der Waals surface area contributed by atoms with Gasteiger partial charge in [-0.3, -0.25) is 4.79 Å². The molecule has 0 bridgehead atoms. The van der Waals surface area contributed by atoms with Crippen molar-refractivity contribution in [2.75, 3.05) is 4.90 Å². The first-order chi connectivity index (χ1) is 13.1. The number of hydrogen-bond acceptors (Lipinski definition) is 4. The number of aliphatic imine (C=N–C) groups is 1. The van der Waals surface area contributed by atoms with Crippen molar-refractivity contribution < 1.29 is 13.9 Å². The van der Waals surface area contributed by atoms with Crippen LogP contribution in [0.1, 0.15) is 16.9 Å². The molecule has 5 heteroatoms. The summed E-state index contributed by atoms with van der Waals surface area (Å²) in [5, 5.41) is 0. The van der Waals surface area contributed by atoms with Crippen molar-refractivity contribution in [3.63, 3.8) is 0 Å². The molecular weight excluding hydrogens is 340 g/mol. The van der Waals surface area contributed by atoms with Crippen LogP contribution in [-0.4, -0.2) is 11.9 Å². The third-order valence-electron chi connectivity index (χ3n) is 4.20. The molecule has 0 atom stereocenters. The number of carbonyl (C=O) groups is 1. The number of amides is 1. The van der Waals surface area contributed by atoms with Crippen LogP contribution in [-0.2, 0) is 4.79 Å². The molecule has 27 heavy (non-hydrogen) atoms. The van der Waals surface area contributed by atoms with E-state index in [2.05, 4.69) is 4.99 Å². The molecule has 5 nitrogen and oxygen atoms in total. The highest BCUT2D eigenvalue weighted by atomic mass is 16.5. The molecule has 0 radical (unpaired) electrons. The monoisotopic (exact) mass is 358 g/mol. The number of furan rings is 1. The largest absolute Gasteiger partial charge is 0.465 e. The summed E-state index contributed by atoms with van der Waals surface area (Å²) < 4.78 is 11.3. The Labute approximate surface area is 157 Å². The van der Waals surface area contributed by atoms with E-state index in [4.69, 9.17) is 9.15 Å². The molecule has 0 aliphatic carbocycles. The van der Waals surface area contributed by atoms with Gasteiger partial charge < -0.3 is 9.15 Å². The summed E-state index contributed by atoms with van der Waals surface area (Å²) in [6, 6.07) is 18.9. The number of ether oxygens (including phenoxy) is 1. The highest BCUT2D eigenvalue weighted by molar-refractivity contribution is 6.26. The third-order valence-corrected chi connectivity index (χ3v) is 4.20. The average molecular weight is 358 g/mol. The second kappa shape index (κ2) is 6.96. The Balaban J connectivity index is 1.75. The number of rotatable bonds is 3. The first-order valence-electron chi connectivity index (χ1n) is 8.60. The van der Waals surface area contributed by atoms with E-state index in [9.17, 15) is 4.79 Å². The van der Waals surface area contributed by atoms with Crippen LogP contribution in [0.4, 0.5) is 5.69 Å². The summed E-state index contributed by atoms with van der Waals surface area (Å²) in [5.41, 5.74) is 3.06. The summed E-state index contributed by atoms with van der Waals surface area (Å²) in [7, 11) is 0. The normalized spacial score (nSPS) is 15.3. The van der Waals surface area contributed by atoms with E-state index < -0.39 is 0 Å².